The monoisotopic (exact) mass is 391 g/mol. The van der Waals surface area contributed by atoms with Crippen molar-refractivity contribution in [3.63, 3.8) is 0 Å². The molecule has 0 amide bonds. The fourth-order valence-corrected chi connectivity index (χ4v) is 3.88. The van der Waals surface area contributed by atoms with Gasteiger partial charge in [0.25, 0.3) is 0 Å². The van der Waals surface area contributed by atoms with Gasteiger partial charge < -0.3 is 9.84 Å². The van der Waals surface area contributed by atoms with E-state index in [4.69, 9.17) is 9.84 Å². The zero-order valence-corrected chi connectivity index (χ0v) is 16.7. The van der Waals surface area contributed by atoms with Crippen LogP contribution in [0.1, 0.15) is 26.3 Å². The first-order chi connectivity index (χ1) is 12.5. The number of benzene rings is 2. The number of rotatable bonds is 8. The fraction of sp³-hybridized carbons (Fsp3) is 0.350. The van der Waals surface area contributed by atoms with Crippen LogP contribution in [0.5, 0.6) is 5.75 Å². The number of hydrogen-bond acceptors (Lipinski definition) is 4. The van der Waals surface area contributed by atoms with E-state index in [1.807, 2.05) is 19.1 Å². The number of aliphatic carboxylic acids is 1. The molecule has 146 valence electrons. The Morgan fingerprint density at radius 2 is 1.67 bits per heavy atom. The van der Waals surface area contributed by atoms with E-state index in [0.717, 1.165) is 5.56 Å². The molecule has 0 radical (unpaired) electrons. The van der Waals surface area contributed by atoms with Crippen molar-refractivity contribution in [1.29, 1.82) is 0 Å². The standard InChI is InChI=1S/C20H25NO5S/c1-15(21(4)27(24,25)18-8-6-5-7-9-18)14-16-10-12-17(13-11-16)26-20(2,3)19(22)23/h5-13,15H,14H2,1-4H3,(H,22,23)/t15-/m0/s1. The van der Waals surface area contributed by atoms with Crippen LogP contribution in [0.4, 0.5) is 0 Å². The van der Waals surface area contributed by atoms with Gasteiger partial charge in [0.05, 0.1) is 4.90 Å². The predicted octanol–water partition coefficient (Wildman–Crippen LogP) is 3.18. The van der Waals surface area contributed by atoms with E-state index in [-0.39, 0.29) is 10.9 Å². The van der Waals surface area contributed by atoms with E-state index in [2.05, 4.69) is 0 Å². The molecule has 6 nitrogen and oxygen atoms in total. The number of ether oxygens (including phenoxy) is 1. The summed E-state index contributed by atoms with van der Waals surface area (Å²) in [5.41, 5.74) is -0.392. The number of carboxylic acids is 1. The molecule has 0 aliphatic heterocycles. The number of likely N-dealkylation sites (N-methyl/N-ethyl adjacent to an activating group) is 1. The first-order valence-corrected chi connectivity index (χ1v) is 10.0. The molecule has 0 heterocycles. The minimum absolute atomic E-state index is 0.252. The maximum absolute atomic E-state index is 12.7. The second-order valence-electron chi connectivity index (χ2n) is 6.95. The second-order valence-corrected chi connectivity index (χ2v) is 8.95. The molecule has 1 atom stereocenters. The highest BCUT2D eigenvalue weighted by atomic mass is 32.2. The van der Waals surface area contributed by atoms with Gasteiger partial charge in [-0.3, -0.25) is 0 Å². The molecule has 2 aromatic carbocycles. The van der Waals surface area contributed by atoms with Crippen molar-refractivity contribution in [3.8, 4) is 5.75 Å². The molecule has 27 heavy (non-hydrogen) atoms. The Hall–Kier alpha value is -2.38. The lowest BCUT2D eigenvalue weighted by Gasteiger charge is -2.25. The van der Waals surface area contributed by atoms with Gasteiger partial charge in [0, 0.05) is 13.1 Å². The fourth-order valence-electron chi connectivity index (χ4n) is 2.50. The van der Waals surface area contributed by atoms with Gasteiger partial charge >= 0.3 is 5.97 Å². The molecular weight excluding hydrogens is 366 g/mol. The third-order valence-corrected chi connectivity index (χ3v) is 6.37. The van der Waals surface area contributed by atoms with Crippen LogP contribution in [0.15, 0.2) is 59.5 Å². The van der Waals surface area contributed by atoms with E-state index in [0.29, 0.717) is 12.2 Å². The van der Waals surface area contributed by atoms with Crippen molar-refractivity contribution in [2.24, 2.45) is 0 Å². The highest BCUT2D eigenvalue weighted by Crippen LogP contribution is 2.22. The minimum atomic E-state index is -3.56. The van der Waals surface area contributed by atoms with Crippen LogP contribution in [0.25, 0.3) is 0 Å². The average Bonchev–Trinajstić information content (AvgIpc) is 2.63. The van der Waals surface area contributed by atoms with Gasteiger partial charge in [-0.25, -0.2) is 13.2 Å². The summed E-state index contributed by atoms with van der Waals surface area (Å²) < 4.78 is 32.2. The molecule has 0 saturated heterocycles. The Morgan fingerprint density at radius 1 is 1.11 bits per heavy atom. The van der Waals surface area contributed by atoms with E-state index in [1.165, 1.54) is 18.2 Å². The third kappa shape index (κ3) is 5.08. The number of nitrogens with zero attached hydrogens (tertiary/aromatic N) is 1. The molecule has 0 fully saturated rings. The summed E-state index contributed by atoms with van der Waals surface area (Å²) in [6.45, 7) is 4.81. The molecule has 0 unspecified atom stereocenters. The summed E-state index contributed by atoms with van der Waals surface area (Å²) in [6, 6.07) is 15.1. The van der Waals surface area contributed by atoms with Crippen LogP contribution in [0, 0.1) is 0 Å². The maximum atomic E-state index is 12.7. The van der Waals surface area contributed by atoms with E-state index < -0.39 is 21.6 Å². The van der Waals surface area contributed by atoms with Gasteiger partial charge in [-0.05, 0) is 57.0 Å². The molecule has 0 spiro atoms. The summed E-state index contributed by atoms with van der Waals surface area (Å²) in [4.78, 5) is 11.4. The molecule has 0 bridgehead atoms. The molecule has 0 saturated carbocycles. The van der Waals surface area contributed by atoms with Crippen LogP contribution >= 0.6 is 0 Å². The van der Waals surface area contributed by atoms with Crippen molar-refractivity contribution in [1.82, 2.24) is 4.31 Å². The number of carboxylic acid groups (broad SMARTS) is 1. The quantitative estimate of drug-likeness (QED) is 0.747. The summed E-state index contributed by atoms with van der Waals surface area (Å²) in [6.07, 6.45) is 0.519. The van der Waals surface area contributed by atoms with Gasteiger partial charge in [0.1, 0.15) is 5.75 Å². The minimum Gasteiger partial charge on any atom is -0.478 e. The van der Waals surface area contributed by atoms with Gasteiger partial charge in [-0.2, -0.15) is 4.31 Å². The molecule has 1 N–H and O–H groups in total. The van der Waals surface area contributed by atoms with Gasteiger partial charge in [-0.15, -0.1) is 0 Å². The van der Waals surface area contributed by atoms with Gasteiger partial charge in [0.15, 0.2) is 5.60 Å². The highest BCUT2D eigenvalue weighted by molar-refractivity contribution is 7.89. The lowest BCUT2D eigenvalue weighted by molar-refractivity contribution is -0.152. The van der Waals surface area contributed by atoms with Crippen molar-refractivity contribution in [2.45, 2.75) is 43.7 Å². The van der Waals surface area contributed by atoms with Crippen LogP contribution in [0.2, 0.25) is 0 Å². The zero-order valence-electron chi connectivity index (χ0n) is 15.9. The molecule has 7 heteroatoms. The van der Waals surface area contributed by atoms with Crippen LogP contribution in [-0.4, -0.2) is 42.5 Å². The van der Waals surface area contributed by atoms with Crippen LogP contribution in [-0.2, 0) is 21.2 Å². The summed E-state index contributed by atoms with van der Waals surface area (Å²) in [7, 11) is -1.99. The molecular formula is C20H25NO5S. The lowest BCUT2D eigenvalue weighted by atomic mass is 10.1. The lowest BCUT2D eigenvalue weighted by Crippen LogP contribution is -2.37. The predicted molar refractivity (Wildman–Crippen MR) is 103 cm³/mol. The van der Waals surface area contributed by atoms with Crippen LogP contribution < -0.4 is 4.74 Å². The molecule has 2 rings (SSSR count). The first kappa shape index (κ1) is 20.9. The first-order valence-electron chi connectivity index (χ1n) is 8.58. The number of carbonyl (C=O) groups is 1. The van der Waals surface area contributed by atoms with Gasteiger partial charge in [0.2, 0.25) is 10.0 Å². The van der Waals surface area contributed by atoms with Gasteiger partial charge in [-0.1, -0.05) is 30.3 Å². The smallest absolute Gasteiger partial charge is 0.347 e. The molecule has 2 aromatic rings. The Balaban J connectivity index is 2.07. The number of hydrogen-bond donors (Lipinski definition) is 1. The SMILES string of the molecule is C[C@@H](Cc1ccc(OC(C)(C)C(=O)O)cc1)N(C)S(=O)(=O)c1ccccc1. The zero-order chi connectivity index (χ0) is 20.2. The largest absolute Gasteiger partial charge is 0.478 e. The van der Waals surface area contributed by atoms with Crippen molar-refractivity contribution >= 4 is 16.0 Å². The van der Waals surface area contributed by atoms with Crippen molar-refractivity contribution in [2.75, 3.05) is 7.05 Å². The Kier molecular flexibility index (Phi) is 6.28. The van der Waals surface area contributed by atoms with Crippen molar-refractivity contribution in [3.05, 3.63) is 60.2 Å². The topological polar surface area (TPSA) is 83.9 Å². The van der Waals surface area contributed by atoms with Crippen molar-refractivity contribution < 1.29 is 23.1 Å². The summed E-state index contributed by atoms with van der Waals surface area (Å²) in [5, 5.41) is 9.12. The molecule has 0 aliphatic rings. The highest BCUT2D eigenvalue weighted by Gasteiger charge is 2.29. The van der Waals surface area contributed by atoms with E-state index >= 15 is 0 Å². The average molecular weight is 391 g/mol. The Labute approximate surface area is 160 Å². The normalized spacial score (nSPS) is 13.4. The second kappa shape index (κ2) is 8.10. The van der Waals surface area contributed by atoms with Crippen LogP contribution in [0.3, 0.4) is 0 Å². The Bertz CT molecular complexity index is 876. The van der Waals surface area contributed by atoms with E-state index in [9.17, 15) is 13.2 Å². The summed E-state index contributed by atoms with van der Waals surface area (Å²) >= 11 is 0. The molecule has 0 aliphatic carbocycles. The number of sulfonamides is 1. The maximum Gasteiger partial charge on any atom is 0.347 e. The Morgan fingerprint density at radius 3 is 2.19 bits per heavy atom. The van der Waals surface area contributed by atoms with E-state index in [1.54, 1.807) is 49.5 Å². The third-order valence-electron chi connectivity index (χ3n) is 4.38. The summed E-state index contributed by atoms with van der Waals surface area (Å²) in [5.74, 6) is -0.600. The molecule has 0 aromatic heterocycles.